The standard InChI is InChI=1S/C20H31N3O2/c1-16(24)18-9-5-12-23(14-18)20(25)21-19-10-6-11-22(15-19)13-17-7-3-2-4-8-17/h2-4,7-8,16,18-19,24H,5-6,9-15H2,1H3,(H,21,25). The smallest absolute Gasteiger partial charge is 0.317 e. The van der Waals surface area contributed by atoms with Crippen molar-refractivity contribution in [2.45, 2.75) is 51.3 Å². The first-order chi connectivity index (χ1) is 12.1. The van der Waals surface area contributed by atoms with Crippen LogP contribution in [-0.2, 0) is 6.54 Å². The summed E-state index contributed by atoms with van der Waals surface area (Å²) >= 11 is 0. The SMILES string of the molecule is CC(O)C1CCCN(C(=O)NC2CCCN(Cc3ccccc3)C2)C1. The maximum absolute atomic E-state index is 12.6. The number of aliphatic hydroxyl groups is 1. The summed E-state index contributed by atoms with van der Waals surface area (Å²) in [5.41, 5.74) is 1.32. The molecule has 2 aliphatic heterocycles. The summed E-state index contributed by atoms with van der Waals surface area (Å²) in [4.78, 5) is 16.9. The van der Waals surface area contributed by atoms with Crippen LogP contribution in [0.1, 0.15) is 38.2 Å². The summed E-state index contributed by atoms with van der Waals surface area (Å²) < 4.78 is 0. The molecule has 2 aliphatic rings. The largest absolute Gasteiger partial charge is 0.393 e. The predicted molar refractivity (Wildman–Crippen MR) is 99.3 cm³/mol. The van der Waals surface area contributed by atoms with E-state index in [0.29, 0.717) is 6.54 Å². The molecule has 1 aromatic carbocycles. The third-order valence-corrected chi connectivity index (χ3v) is 5.51. The van der Waals surface area contributed by atoms with Crippen molar-refractivity contribution >= 4 is 6.03 Å². The minimum atomic E-state index is -0.341. The number of carbonyl (C=O) groups excluding carboxylic acids is 1. The van der Waals surface area contributed by atoms with Gasteiger partial charge in [-0.05, 0) is 44.7 Å². The lowest BCUT2D eigenvalue weighted by Crippen LogP contribution is -2.53. The predicted octanol–water partition coefficient (Wildman–Crippen LogP) is 2.45. The normalized spacial score (nSPS) is 26.2. The van der Waals surface area contributed by atoms with E-state index in [9.17, 15) is 9.90 Å². The van der Waals surface area contributed by atoms with E-state index < -0.39 is 0 Å². The third-order valence-electron chi connectivity index (χ3n) is 5.51. The van der Waals surface area contributed by atoms with Gasteiger partial charge in [0.25, 0.3) is 0 Å². The van der Waals surface area contributed by atoms with Crippen molar-refractivity contribution in [1.82, 2.24) is 15.1 Å². The van der Waals surface area contributed by atoms with E-state index in [-0.39, 0.29) is 24.1 Å². The van der Waals surface area contributed by atoms with Gasteiger partial charge in [0.2, 0.25) is 0 Å². The van der Waals surface area contributed by atoms with Crippen LogP contribution in [0.3, 0.4) is 0 Å². The fourth-order valence-corrected chi connectivity index (χ4v) is 4.01. The third kappa shape index (κ3) is 5.19. The van der Waals surface area contributed by atoms with Gasteiger partial charge in [-0.3, -0.25) is 4.90 Å². The second-order valence-corrected chi connectivity index (χ2v) is 7.60. The highest BCUT2D eigenvalue weighted by atomic mass is 16.3. The molecule has 3 unspecified atom stereocenters. The van der Waals surface area contributed by atoms with Gasteiger partial charge in [0.05, 0.1) is 6.10 Å². The van der Waals surface area contributed by atoms with Crippen molar-refractivity contribution in [2.24, 2.45) is 5.92 Å². The number of aliphatic hydroxyl groups excluding tert-OH is 1. The number of nitrogens with zero attached hydrogens (tertiary/aromatic N) is 2. The van der Waals surface area contributed by atoms with E-state index in [0.717, 1.165) is 51.9 Å². The number of piperidine rings is 2. The molecular formula is C20H31N3O2. The number of amides is 2. The minimum Gasteiger partial charge on any atom is -0.393 e. The minimum absolute atomic E-state index is 0.0388. The molecule has 25 heavy (non-hydrogen) atoms. The van der Waals surface area contributed by atoms with Crippen LogP contribution in [0.25, 0.3) is 0 Å². The molecule has 3 rings (SSSR count). The molecule has 0 spiro atoms. The Bertz CT molecular complexity index is 549. The molecule has 0 radical (unpaired) electrons. The van der Waals surface area contributed by atoms with Crippen LogP contribution in [0, 0.1) is 5.92 Å². The average molecular weight is 345 g/mol. The first kappa shape index (κ1) is 18.2. The van der Waals surface area contributed by atoms with Gasteiger partial charge < -0.3 is 15.3 Å². The highest BCUT2D eigenvalue weighted by Crippen LogP contribution is 2.20. The molecule has 3 atom stereocenters. The number of nitrogens with one attached hydrogen (secondary N) is 1. The first-order valence-corrected chi connectivity index (χ1v) is 9.61. The molecular weight excluding hydrogens is 314 g/mol. The molecule has 2 amide bonds. The fraction of sp³-hybridized carbons (Fsp3) is 0.650. The Morgan fingerprint density at radius 1 is 1.20 bits per heavy atom. The van der Waals surface area contributed by atoms with Crippen LogP contribution in [-0.4, -0.2) is 59.3 Å². The Hall–Kier alpha value is -1.59. The second kappa shape index (κ2) is 8.68. The van der Waals surface area contributed by atoms with Crippen LogP contribution >= 0.6 is 0 Å². The van der Waals surface area contributed by atoms with Crippen molar-refractivity contribution in [2.75, 3.05) is 26.2 Å². The maximum Gasteiger partial charge on any atom is 0.317 e. The lowest BCUT2D eigenvalue weighted by Gasteiger charge is -2.37. The van der Waals surface area contributed by atoms with Crippen molar-refractivity contribution in [1.29, 1.82) is 0 Å². The maximum atomic E-state index is 12.6. The molecule has 2 N–H and O–H groups in total. The topological polar surface area (TPSA) is 55.8 Å². The second-order valence-electron chi connectivity index (χ2n) is 7.60. The molecule has 138 valence electrons. The molecule has 2 heterocycles. The van der Waals surface area contributed by atoms with Crippen molar-refractivity contribution in [3.05, 3.63) is 35.9 Å². The molecule has 0 aromatic heterocycles. The van der Waals surface area contributed by atoms with Crippen LogP contribution in [0.5, 0.6) is 0 Å². The van der Waals surface area contributed by atoms with Crippen LogP contribution < -0.4 is 5.32 Å². The monoisotopic (exact) mass is 345 g/mol. The number of urea groups is 1. The van der Waals surface area contributed by atoms with Gasteiger partial charge in [0.1, 0.15) is 0 Å². The van der Waals surface area contributed by atoms with Gasteiger partial charge >= 0.3 is 6.03 Å². The lowest BCUT2D eigenvalue weighted by atomic mass is 9.93. The number of hydrogen-bond acceptors (Lipinski definition) is 3. The van der Waals surface area contributed by atoms with Gasteiger partial charge in [-0.15, -0.1) is 0 Å². The Balaban J connectivity index is 1.49. The number of rotatable bonds is 4. The van der Waals surface area contributed by atoms with E-state index in [1.54, 1.807) is 0 Å². The fourth-order valence-electron chi connectivity index (χ4n) is 4.01. The zero-order valence-corrected chi connectivity index (χ0v) is 15.2. The molecule has 0 saturated carbocycles. The molecule has 5 nitrogen and oxygen atoms in total. The van der Waals surface area contributed by atoms with Gasteiger partial charge in [0, 0.05) is 38.1 Å². The van der Waals surface area contributed by atoms with E-state index in [1.807, 2.05) is 17.9 Å². The summed E-state index contributed by atoms with van der Waals surface area (Å²) in [7, 11) is 0. The average Bonchev–Trinajstić information content (AvgIpc) is 2.63. The van der Waals surface area contributed by atoms with Gasteiger partial charge in [-0.2, -0.15) is 0 Å². The number of benzene rings is 1. The summed E-state index contributed by atoms with van der Waals surface area (Å²) in [6.45, 7) is 6.25. The zero-order chi connectivity index (χ0) is 17.6. The Morgan fingerprint density at radius 3 is 2.72 bits per heavy atom. The molecule has 2 fully saturated rings. The van der Waals surface area contributed by atoms with Gasteiger partial charge in [0.15, 0.2) is 0 Å². The molecule has 5 heteroatoms. The molecule has 2 saturated heterocycles. The van der Waals surface area contributed by atoms with Crippen LogP contribution in [0.15, 0.2) is 30.3 Å². The van der Waals surface area contributed by atoms with Crippen LogP contribution in [0.4, 0.5) is 4.79 Å². The summed E-state index contributed by atoms with van der Waals surface area (Å²) in [5.74, 6) is 0.209. The van der Waals surface area contributed by atoms with Crippen LogP contribution in [0.2, 0.25) is 0 Å². The highest BCUT2D eigenvalue weighted by molar-refractivity contribution is 5.74. The lowest BCUT2D eigenvalue weighted by molar-refractivity contribution is 0.0721. The van der Waals surface area contributed by atoms with E-state index in [4.69, 9.17) is 0 Å². The van der Waals surface area contributed by atoms with Gasteiger partial charge in [-0.1, -0.05) is 30.3 Å². The van der Waals surface area contributed by atoms with Gasteiger partial charge in [-0.25, -0.2) is 4.79 Å². The summed E-state index contributed by atoms with van der Waals surface area (Å²) in [6.07, 6.45) is 3.81. The summed E-state index contributed by atoms with van der Waals surface area (Å²) in [5, 5.41) is 13.0. The molecule has 0 bridgehead atoms. The van der Waals surface area contributed by atoms with E-state index in [2.05, 4.69) is 34.5 Å². The van der Waals surface area contributed by atoms with Crippen molar-refractivity contribution in [3.63, 3.8) is 0 Å². The number of carbonyl (C=O) groups is 1. The van der Waals surface area contributed by atoms with E-state index in [1.165, 1.54) is 5.56 Å². The zero-order valence-electron chi connectivity index (χ0n) is 15.2. The number of likely N-dealkylation sites (tertiary alicyclic amines) is 2. The van der Waals surface area contributed by atoms with Crippen molar-refractivity contribution < 1.29 is 9.90 Å². The Labute approximate surface area is 151 Å². The van der Waals surface area contributed by atoms with Crippen molar-refractivity contribution in [3.8, 4) is 0 Å². The Morgan fingerprint density at radius 2 is 1.96 bits per heavy atom. The molecule has 0 aliphatic carbocycles. The highest BCUT2D eigenvalue weighted by Gasteiger charge is 2.28. The van der Waals surface area contributed by atoms with E-state index >= 15 is 0 Å². The quantitative estimate of drug-likeness (QED) is 0.881. The number of hydrogen-bond donors (Lipinski definition) is 2. The first-order valence-electron chi connectivity index (χ1n) is 9.61. The summed E-state index contributed by atoms with van der Waals surface area (Å²) in [6, 6.07) is 10.8. The molecule has 1 aromatic rings. The Kier molecular flexibility index (Phi) is 6.32.